The van der Waals surface area contributed by atoms with Gasteiger partial charge in [-0.05, 0) is 48.4 Å². The van der Waals surface area contributed by atoms with Crippen molar-refractivity contribution in [2.75, 3.05) is 12.9 Å². The number of aryl methyl sites for hydroxylation is 1. The predicted octanol–water partition coefficient (Wildman–Crippen LogP) is 3.82. The molecule has 10 heteroatoms. The second-order valence-electron chi connectivity index (χ2n) is 5.99. The van der Waals surface area contributed by atoms with E-state index in [2.05, 4.69) is 20.7 Å². The standard InChI is InChI=1S/C20H19FN4O3S2/c1-13-23-25-20(30-13)29-12-19(26)24-22-10-15-5-8-17(18(9-15)27-2)28-11-14-3-6-16(21)7-4-14/h3-10H,11-12H2,1-2H3,(H,24,26)/b22-10+. The monoisotopic (exact) mass is 446 g/mol. The Labute approximate surface area is 181 Å². The lowest BCUT2D eigenvalue weighted by Gasteiger charge is -2.11. The maximum atomic E-state index is 13.0. The molecule has 0 unspecified atom stereocenters. The molecule has 0 atom stereocenters. The topological polar surface area (TPSA) is 85.7 Å². The zero-order chi connectivity index (χ0) is 21.3. The number of ether oxygens (including phenoxy) is 2. The van der Waals surface area contributed by atoms with E-state index in [0.717, 1.165) is 20.5 Å². The molecule has 156 valence electrons. The summed E-state index contributed by atoms with van der Waals surface area (Å²) in [5.74, 6) is 0.739. The number of thioether (sulfide) groups is 1. The van der Waals surface area contributed by atoms with E-state index in [0.29, 0.717) is 11.5 Å². The molecule has 0 spiro atoms. The molecule has 1 heterocycles. The minimum atomic E-state index is -0.291. The number of rotatable bonds is 9. The molecule has 0 aliphatic rings. The first-order valence-electron chi connectivity index (χ1n) is 8.83. The van der Waals surface area contributed by atoms with Crippen molar-refractivity contribution in [3.8, 4) is 11.5 Å². The quantitative estimate of drug-likeness (QED) is 0.306. The normalized spacial score (nSPS) is 10.9. The number of methoxy groups -OCH3 is 1. The van der Waals surface area contributed by atoms with Gasteiger partial charge in [-0.1, -0.05) is 35.2 Å². The summed E-state index contributed by atoms with van der Waals surface area (Å²) >= 11 is 2.75. The minimum Gasteiger partial charge on any atom is -0.493 e. The number of aromatic nitrogens is 2. The van der Waals surface area contributed by atoms with Crippen LogP contribution in [0.4, 0.5) is 4.39 Å². The summed E-state index contributed by atoms with van der Waals surface area (Å²) in [6, 6.07) is 11.4. The highest BCUT2D eigenvalue weighted by Gasteiger charge is 2.07. The van der Waals surface area contributed by atoms with Gasteiger partial charge < -0.3 is 9.47 Å². The van der Waals surface area contributed by atoms with Gasteiger partial charge in [-0.15, -0.1) is 10.2 Å². The van der Waals surface area contributed by atoms with Gasteiger partial charge in [0.25, 0.3) is 5.91 Å². The Bertz CT molecular complexity index is 1030. The Morgan fingerprint density at radius 1 is 1.23 bits per heavy atom. The number of carbonyl (C=O) groups is 1. The highest BCUT2D eigenvalue weighted by atomic mass is 32.2. The fourth-order valence-corrected chi connectivity index (χ4v) is 3.91. The summed E-state index contributed by atoms with van der Waals surface area (Å²) in [6.45, 7) is 2.14. The number of hydrogen-bond donors (Lipinski definition) is 1. The van der Waals surface area contributed by atoms with Crippen LogP contribution in [0.3, 0.4) is 0 Å². The molecule has 1 amide bonds. The minimum absolute atomic E-state index is 0.200. The number of hydrazone groups is 1. The first kappa shape index (κ1) is 21.7. The molecule has 0 saturated heterocycles. The van der Waals surface area contributed by atoms with Gasteiger partial charge in [-0.3, -0.25) is 4.79 Å². The Hall–Kier alpha value is -2.98. The van der Waals surface area contributed by atoms with E-state index in [-0.39, 0.29) is 24.1 Å². The van der Waals surface area contributed by atoms with Crippen LogP contribution in [-0.2, 0) is 11.4 Å². The van der Waals surface area contributed by atoms with Crippen molar-refractivity contribution < 1.29 is 18.7 Å². The average molecular weight is 447 g/mol. The SMILES string of the molecule is COc1cc(/C=N/NC(=O)CSc2nnc(C)s2)ccc1OCc1ccc(F)cc1. The molecule has 0 saturated carbocycles. The van der Waals surface area contributed by atoms with Crippen LogP contribution >= 0.6 is 23.1 Å². The molecule has 0 fully saturated rings. The zero-order valence-electron chi connectivity index (χ0n) is 16.3. The van der Waals surface area contributed by atoms with E-state index in [1.807, 2.05) is 6.92 Å². The van der Waals surface area contributed by atoms with Gasteiger partial charge in [-0.25, -0.2) is 9.82 Å². The predicted molar refractivity (Wildman–Crippen MR) is 115 cm³/mol. The number of benzene rings is 2. The molecule has 1 aromatic heterocycles. The first-order valence-corrected chi connectivity index (χ1v) is 10.6. The van der Waals surface area contributed by atoms with Gasteiger partial charge in [0.2, 0.25) is 0 Å². The third kappa shape index (κ3) is 6.53. The Morgan fingerprint density at radius 3 is 2.73 bits per heavy atom. The largest absolute Gasteiger partial charge is 0.493 e. The summed E-state index contributed by atoms with van der Waals surface area (Å²) in [5, 5.41) is 12.7. The van der Waals surface area contributed by atoms with Gasteiger partial charge in [0.05, 0.1) is 19.1 Å². The van der Waals surface area contributed by atoms with E-state index >= 15 is 0 Å². The van der Waals surface area contributed by atoms with Gasteiger partial charge in [0.1, 0.15) is 17.4 Å². The highest BCUT2D eigenvalue weighted by Crippen LogP contribution is 2.28. The number of nitrogens with zero attached hydrogens (tertiary/aromatic N) is 3. The maximum Gasteiger partial charge on any atom is 0.250 e. The molecule has 0 bridgehead atoms. The van der Waals surface area contributed by atoms with Crippen LogP contribution in [0.1, 0.15) is 16.1 Å². The molecular formula is C20H19FN4O3S2. The van der Waals surface area contributed by atoms with Crippen molar-refractivity contribution in [3.63, 3.8) is 0 Å². The fourth-order valence-electron chi connectivity index (χ4n) is 2.30. The summed E-state index contributed by atoms with van der Waals surface area (Å²) < 4.78 is 24.8. The fraction of sp³-hybridized carbons (Fsp3) is 0.200. The lowest BCUT2D eigenvalue weighted by atomic mass is 10.2. The van der Waals surface area contributed by atoms with Crippen molar-refractivity contribution in [1.82, 2.24) is 15.6 Å². The van der Waals surface area contributed by atoms with Gasteiger partial charge >= 0.3 is 0 Å². The smallest absolute Gasteiger partial charge is 0.250 e. The van der Waals surface area contributed by atoms with E-state index in [9.17, 15) is 9.18 Å². The lowest BCUT2D eigenvalue weighted by Crippen LogP contribution is -2.19. The van der Waals surface area contributed by atoms with Crippen LogP contribution in [0.15, 0.2) is 51.9 Å². The zero-order valence-corrected chi connectivity index (χ0v) is 17.9. The van der Waals surface area contributed by atoms with Crippen molar-refractivity contribution >= 4 is 35.2 Å². The highest BCUT2D eigenvalue weighted by molar-refractivity contribution is 8.01. The Morgan fingerprint density at radius 2 is 2.03 bits per heavy atom. The van der Waals surface area contributed by atoms with Crippen molar-refractivity contribution in [1.29, 1.82) is 0 Å². The molecule has 3 aromatic rings. The van der Waals surface area contributed by atoms with Crippen LogP contribution in [0.2, 0.25) is 0 Å². The van der Waals surface area contributed by atoms with Crippen LogP contribution in [0.5, 0.6) is 11.5 Å². The molecule has 1 N–H and O–H groups in total. The number of halogens is 1. The van der Waals surface area contributed by atoms with Crippen LogP contribution < -0.4 is 14.9 Å². The van der Waals surface area contributed by atoms with Gasteiger partial charge in [0, 0.05) is 0 Å². The van der Waals surface area contributed by atoms with Crippen LogP contribution in [0.25, 0.3) is 0 Å². The molecule has 2 aromatic carbocycles. The third-order valence-corrected chi connectivity index (χ3v) is 5.70. The molecule has 3 rings (SSSR count). The molecular weight excluding hydrogens is 427 g/mol. The van der Waals surface area contributed by atoms with Crippen molar-refractivity contribution in [2.45, 2.75) is 17.9 Å². The van der Waals surface area contributed by atoms with E-state index in [4.69, 9.17) is 9.47 Å². The average Bonchev–Trinajstić information content (AvgIpc) is 3.17. The second kappa shape index (κ2) is 10.7. The summed E-state index contributed by atoms with van der Waals surface area (Å²) in [5.41, 5.74) is 4.05. The van der Waals surface area contributed by atoms with Gasteiger partial charge in [0.15, 0.2) is 15.8 Å². The van der Waals surface area contributed by atoms with Crippen molar-refractivity contribution in [3.05, 3.63) is 64.4 Å². The molecule has 0 radical (unpaired) electrons. The van der Waals surface area contributed by atoms with E-state index in [1.54, 1.807) is 30.3 Å². The Kier molecular flexibility index (Phi) is 7.75. The first-order chi connectivity index (χ1) is 14.5. The number of nitrogens with one attached hydrogen (secondary N) is 1. The Balaban J connectivity index is 1.51. The summed E-state index contributed by atoms with van der Waals surface area (Å²) in [6.07, 6.45) is 1.52. The third-order valence-electron chi connectivity index (χ3n) is 3.73. The lowest BCUT2D eigenvalue weighted by molar-refractivity contribution is -0.118. The number of carbonyl (C=O) groups excluding carboxylic acids is 1. The molecule has 7 nitrogen and oxygen atoms in total. The van der Waals surface area contributed by atoms with Gasteiger partial charge in [-0.2, -0.15) is 5.10 Å². The molecule has 0 aliphatic heterocycles. The molecule has 0 aliphatic carbocycles. The van der Waals surface area contributed by atoms with Crippen LogP contribution in [0, 0.1) is 12.7 Å². The van der Waals surface area contributed by atoms with Crippen molar-refractivity contribution in [2.24, 2.45) is 5.10 Å². The number of hydrogen-bond acceptors (Lipinski definition) is 8. The van der Waals surface area contributed by atoms with E-state index < -0.39 is 0 Å². The second-order valence-corrected chi connectivity index (χ2v) is 8.40. The summed E-state index contributed by atoms with van der Waals surface area (Å²) in [4.78, 5) is 11.9. The van der Waals surface area contributed by atoms with E-state index in [1.165, 1.54) is 48.6 Å². The number of amides is 1. The van der Waals surface area contributed by atoms with Crippen LogP contribution in [-0.4, -0.2) is 35.2 Å². The summed E-state index contributed by atoms with van der Waals surface area (Å²) in [7, 11) is 1.54. The molecule has 30 heavy (non-hydrogen) atoms. The maximum absolute atomic E-state index is 13.0.